The van der Waals surface area contributed by atoms with Gasteiger partial charge in [-0.2, -0.15) is 5.26 Å². The van der Waals surface area contributed by atoms with E-state index >= 15 is 0 Å². The zero-order valence-corrected chi connectivity index (χ0v) is 19.3. The van der Waals surface area contributed by atoms with E-state index in [0.717, 1.165) is 17.3 Å². The van der Waals surface area contributed by atoms with Crippen LogP contribution in [0.2, 0.25) is 15.1 Å². The number of thioether (sulfide) groups is 1. The van der Waals surface area contributed by atoms with Crippen LogP contribution in [0.5, 0.6) is 5.75 Å². The fraction of sp³-hybridized carbons (Fsp3) is 0.190. The van der Waals surface area contributed by atoms with Crippen LogP contribution in [-0.4, -0.2) is 24.7 Å². The van der Waals surface area contributed by atoms with Gasteiger partial charge in [0, 0.05) is 18.0 Å². The highest BCUT2D eigenvalue weighted by Gasteiger charge is 2.30. The van der Waals surface area contributed by atoms with Crippen LogP contribution in [0.1, 0.15) is 17.9 Å². The number of halogens is 3. The van der Waals surface area contributed by atoms with Crippen LogP contribution >= 0.6 is 46.6 Å². The van der Waals surface area contributed by atoms with Gasteiger partial charge in [0.15, 0.2) is 0 Å². The van der Waals surface area contributed by atoms with Gasteiger partial charge in [-0.3, -0.25) is 9.59 Å². The van der Waals surface area contributed by atoms with Crippen molar-refractivity contribution in [2.45, 2.75) is 12.3 Å². The van der Waals surface area contributed by atoms with Gasteiger partial charge in [-0.25, -0.2) is 0 Å². The molecule has 0 fully saturated rings. The SMILES string of the molecule is COc1ccc([C@H]2CC(=O)NC(SCC(=O)Nc3ccc(Cl)c(Cl)c3)=C2C#N)cc1Cl. The van der Waals surface area contributed by atoms with Gasteiger partial charge >= 0.3 is 0 Å². The van der Waals surface area contributed by atoms with Crippen molar-refractivity contribution in [3.8, 4) is 11.8 Å². The molecule has 160 valence electrons. The minimum atomic E-state index is -0.470. The minimum absolute atomic E-state index is 0.0167. The molecule has 2 aromatic carbocycles. The third kappa shape index (κ3) is 5.66. The van der Waals surface area contributed by atoms with E-state index in [0.29, 0.717) is 37.1 Å². The third-order valence-electron chi connectivity index (χ3n) is 4.49. The van der Waals surface area contributed by atoms with Crippen molar-refractivity contribution < 1.29 is 14.3 Å². The average Bonchev–Trinajstić information content (AvgIpc) is 2.74. The van der Waals surface area contributed by atoms with Crippen LogP contribution in [0.25, 0.3) is 0 Å². The van der Waals surface area contributed by atoms with E-state index in [9.17, 15) is 14.9 Å². The summed E-state index contributed by atoms with van der Waals surface area (Å²) in [5.41, 5.74) is 1.58. The van der Waals surface area contributed by atoms with Crippen LogP contribution in [0.15, 0.2) is 47.0 Å². The molecule has 0 radical (unpaired) electrons. The van der Waals surface area contributed by atoms with E-state index in [-0.39, 0.29) is 24.0 Å². The normalized spacial score (nSPS) is 15.8. The Balaban J connectivity index is 1.77. The average molecular weight is 497 g/mol. The number of hydrogen-bond donors (Lipinski definition) is 2. The zero-order chi connectivity index (χ0) is 22.5. The van der Waals surface area contributed by atoms with E-state index in [1.165, 1.54) is 13.2 Å². The van der Waals surface area contributed by atoms with Gasteiger partial charge in [-0.05, 0) is 35.9 Å². The number of benzene rings is 2. The maximum atomic E-state index is 12.3. The second-order valence-electron chi connectivity index (χ2n) is 6.52. The molecule has 2 aromatic rings. The summed E-state index contributed by atoms with van der Waals surface area (Å²) < 4.78 is 5.16. The van der Waals surface area contributed by atoms with Crippen LogP contribution in [0.3, 0.4) is 0 Å². The molecular weight excluding hydrogens is 481 g/mol. The summed E-state index contributed by atoms with van der Waals surface area (Å²) in [7, 11) is 1.51. The molecule has 10 heteroatoms. The Morgan fingerprint density at radius 3 is 2.65 bits per heavy atom. The standard InChI is InChI=1S/C21H16Cl3N3O3S/c1-30-18-5-2-11(6-17(18)24)13-8-19(28)27-21(14(13)9-25)31-10-20(29)26-12-3-4-15(22)16(23)7-12/h2-7,13H,8,10H2,1H3,(H,26,29)(H,27,28)/t13-/m1/s1. The molecule has 2 N–H and O–H groups in total. The fourth-order valence-corrected chi connectivity index (χ4v) is 4.47. The molecule has 1 atom stereocenters. The number of allylic oxidation sites excluding steroid dienone is 1. The number of nitriles is 1. The van der Waals surface area contributed by atoms with Crippen molar-refractivity contribution in [3.63, 3.8) is 0 Å². The highest BCUT2D eigenvalue weighted by Crippen LogP contribution is 2.38. The molecule has 6 nitrogen and oxygen atoms in total. The lowest BCUT2D eigenvalue weighted by Gasteiger charge is -2.25. The summed E-state index contributed by atoms with van der Waals surface area (Å²) >= 11 is 19.1. The van der Waals surface area contributed by atoms with E-state index in [2.05, 4.69) is 16.7 Å². The molecule has 1 heterocycles. The zero-order valence-electron chi connectivity index (χ0n) is 16.2. The van der Waals surface area contributed by atoms with Crippen molar-refractivity contribution >= 4 is 64.1 Å². The molecule has 0 aromatic heterocycles. The van der Waals surface area contributed by atoms with Crippen LogP contribution in [0, 0.1) is 11.3 Å². The second kappa shape index (κ2) is 10.3. The highest BCUT2D eigenvalue weighted by molar-refractivity contribution is 8.03. The Hall–Kier alpha value is -2.37. The Bertz CT molecular complexity index is 1110. The maximum absolute atomic E-state index is 12.3. The lowest BCUT2D eigenvalue weighted by atomic mass is 9.87. The maximum Gasteiger partial charge on any atom is 0.234 e. The van der Waals surface area contributed by atoms with Gasteiger partial charge in [-0.1, -0.05) is 52.6 Å². The van der Waals surface area contributed by atoms with Gasteiger partial charge in [0.25, 0.3) is 0 Å². The number of methoxy groups -OCH3 is 1. The number of nitrogens with one attached hydrogen (secondary N) is 2. The summed E-state index contributed by atoms with van der Waals surface area (Å²) in [5, 5.41) is 16.6. The predicted molar refractivity (Wildman–Crippen MR) is 124 cm³/mol. The largest absolute Gasteiger partial charge is 0.495 e. The predicted octanol–water partition coefficient (Wildman–Crippen LogP) is 5.37. The highest BCUT2D eigenvalue weighted by atomic mass is 35.5. The minimum Gasteiger partial charge on any atom is -0.495 e. The van der Waals surface area contributed by atoms with Crippen molar-refractivity contribution in [2.75, 3.05) is 18.2 Å². The molecule has 0 saturated heterocycles. The number of amides is 2. The van der Waals surface area contributed by atoms with E-state index in [1.807, 2.05) is 0 Å². The third-order valence-corrected chi connectivity index (χ3v) is 6.54. The number of carbonyl (C=O) groups excluding carboxylic acids is 2. The lowest BCUT2D eigenvalue weighted by molar-refractivity contribution is -0.121. The molecule has 0 saturated carbocycles. The van der Waals surface area contributed by atoms with Gasteiger partial charge in [0.05, 0.1) is 44.6 Å². The van der Waals surface area contributed by atoms with E-state index in [1.54, 1.807) is 30.3 Å². The van der Waals surface area contributed by atoms with Gasteiger partial charge in [0.2, 0.25) is 11.8 Å². The van der Waals surface area contributed by atoms with Crippen molar-refractivity contribution in [3.05, 3.63) is 67.6 Å². The first-order valence-corrected chi connectivity index (χ1v) is 11.1. The monoisotopic (exact) mass is 495 g/mol. The Morgan fingerprint density at radius 1 is 1.23 bits per heavy atom. The van der Waals surface area contributed by atoms with E-state index in [4.69, 9.17) is 39.5 Å². The second-order valence-corrected chi connectivity index (χ2v) is 8.73. The smallest absolute Gasteiger partial charge is 0.234 e. The number of hydrogen-bond acceptors (Lipinski definition) is 5. The molecule has 3 rings (SSSR count). The number of anilines is 1. The molecule has 0 spiro atoms. The first-order chi connectivity index (χ1) is 14.8. The van der Waals surface area contributed by atoms with Crippen molar-refractivity contribution in [1.29, 1.82) is 5.26 Å². The van der Waals surface area contributed by atoms with Gasteiger partial charge in [0.1, 0.15) is 5.75 Å². The summed E-state index contributed by atoms with van der Waals surface area (Å²) in [5.74, 6) is -0.554. The number of ether oxygens (including phenoxy) is 1. The Kier molecular flexibility index (Phi) is 7.74. The quantitative estimate of drug-likeness (QED) is 0.561. The topological polar surface area (TPSA) is 91.2 Å². The molecule has 0 unspecified atom stereocenters. The van der Waals surface area contributed by atoms with Crippen LogP contribution < -0.4 is 15.4 Å². The number of nitrogens with zero attached hydrogens (tertiary/aromatic N) is 1. The lowest BCUT2D eigenvalue weighted by Crippen LogP contribution is -2.31. The summed E-state index contributed by atoms with van der Waals surface area (Å²) in [6, 6.07) is 12.1. The number of carbonyl (C=O) groups is 2. The number of rotatable bonds is 6. The summed E-state index contributed by atoms with van der Waals surface area (Å²) in [6.07, 6.45) is 0.102. The van der Waals surface area contributed by atoms with Crippen LogP contribution in [0.4, 0.5) is 5.69 Å². The summed E-state index contributed by atoms with van der Waals surface area (Å²) in [4.78, 5) is 24.6. The fourth-order valence-electron chi connectivity index (χ4n) is 3.03. The Labute approximate surface area is 198 Å². The molecule has 31 heavy (non-hydrogen) atoms. The molecule has 1 aliphatic heterocycles. The molecule has 0 aliphatic carbocycles. The summed E-state index contributed by atoms with van der Waals surface area (Å²) in [6.45, 7) is 0. The Morgan fingerprint density at radius 2 is 2.00 bits per heavy atom. The molecular formula is C21H16Cl3N3O3S. The van der Waals surface area contributed by atoms with Crippen molar-refractivity contribution in [2.24, 2.45) is 0 Å². The molecule has 0 bridgehead atoms. The van der Waals surface area contributed by atoms with Gasteiger partial charge < -0.3 is 15.4 Å². The first kappa shape index (κ1) is 23.3. The van der Waals surface area contributed by atoms with Gasteiger partial charge in [-0.15, -0.1) is 0 Å². The van der Waals surface area contributed by atoms with E-state index < -0.39 is 5.92 Å². The molecule has 1 aliphatic rings. The van der Waals surface area contributed by atoms with Crippen LogP contribution in [-0.2, 0) is 9.59 Å². The first-order valence-electron chi connectivity index (χ1n) is 8.97. The van der Waals surface area contributed by atoms with Crippen molar-refractivity contribution in [1.82, 2.24) is 5.32 Å². The molecule has 2 amide bonds.